The van der Waals surface area contributed by atoms with E-state index in [1.807, 2.05) is 6.92 Å². The molecule has 5 nitrogen and oxygen atoms in total. The molecular formula is C12H18F2N4O. The Morgan fingerprint density at radius 1 is 1.58 bits per heavy atom. The zero-order chi connectivity index (χ0) is 14.0. The molecule has 2 rings (SSSR count). The summed E-state index contributed by atoms with van der Waals surface area (Å²) in [4.78, 5) is 14.1. The van der Waals surface area contributed by atoms with Gasteiger partial charge >= 0.3 is 0 Å². The number of anilines is 1. The van der Waals surface area contributed by atoms with E-state index in [4.69, 9.17) is 5.73 Å². The standard InChI is InChI=1S/C12H18F2N4O/c1-8-4-2-3-5-18(8)12(19)9-6-17(7-10(13)14)16-11(9)15/h6,8,10H,2-5,7H2,1H3,(H2,15,16). The highest BCUT2D eigenvalue weighted by Gasteiger charge is 2.27. The number of nitrogens with zero attached hydrogens (tertiary/aromatic N) is 3. The van der Waals surface area contributed by atoms with Crippen molar-refractivity contribution in [3.05, 3.63) is 11.8 Å². The third kappa shape index (κ3) is 3.02. The molecule has 0 bridgehead atoms. The van der Waals surface area contributed by atoms with Gasteiger partial charge in [-0.05, 0) is 26.2 Å². The molecule has 1 atom stereocenters. The normalized spacial score (nSPS) is 20.0. The molecule has 1 aliphatic rings. The van der Waals surface area contributed by atoms with Crippen LogP contribution in [0.2, 0.25) is 0 Å². The highest BCUT2D eigenvalue weighted by molar-refractivity contribution is 5.98. The van der Waals surface area contributed by atoms with E-state index in [0.29, 0.717) is 6.54 Å². The van der Waals surface area contributed by atoms with Gasteiger partial charge in [0, 0.05) is 18.8 Å². The number of piperidine rings is 1. The van der Waals surface area contributed by atoms with Gasteiger partial charge in [-0.2, -0.15) is 5.10 Å². The zero-order valence-corrected chi connectivity index (χ0v) is 10.9. The summed E-state index contributed by atoms with van der Waals surface area (Å²) in [7, 11) is 0. The molecule has 0 radical (unpaired) electrons. The zero-order valence-electron chi connectivity index (χ0n) is 10.9. The van der Waals surface area contributed by atoms with Gasteiger partial charge in [-0.3, -0.25) is 9.48 Å². The van der Waals surface area contributed by atoms with Crippen LogP contribution >= 0.6 is 0 Å². The van der Waals surface area contributed by atoms with Crippen LogP contribution in [-0.2, 0) is 6.54 Å². The summed E-state index contributed by atoms with van der Waals surface area (Å²) in [5, 5.41) is 3.76. The molecule has 1 aliphatic heterocycles. The number of aromatic nitrogens is 2. The monoisotopic (exact) mass is 272 g/mol. The van der Waals surface area contributed by atoms with Gasteiger partial charge in [-0.25, -0.2) is 8.78 Å². The number of likely N-dealkylation sites (tertiary alicyclic amines) is 1. The fourth-order valence-corrected chi connectivity index (χ4v) is 2.39. The van der Waals surface area contributed by atoms with Gasteiger partial charge in [0.2, 0.25) is 0 Å². The average Bonchev–Trinajstić information content (AvgIpc) is 2.69. The minimum Gasteiger partial charge on any atom is -0.382 e. The molecule has 1 aromatic rings. The lowest BCUT2D eigenvalue weighted by Gasteiger charge is -2.33. The van der Waals surface area contributed by atoms with Crippen LogP contribution in [0.5, 0.6) is 0 Å². The third-order valence-corrected chi connectivity index (χ3v) is 3.41. The van der Waals surface area contributed by atoms with Crippen LogP contribution < -0.4 is 5.73 Å². The minimum atomic E-state index is -2.52. The van der Waals surface area contributed by atoms with Gasteiger partial charge in [0.05, 0.1) is 0 Å². The molecule has 0 aromatic carbocycles. The number of nitrogen functional groups attached to an aromatic ring is 1. The quantitative estimate of drug-likeness (QED) is 0.911. The molecule has 0 saturated carbocycles. The molecule has 106 valence electrons. The summed E-state index contributed by atoms with van der Waals surface area (Å²) in [6.45, 7) is 2.11. The summed E-state index contributed by atoms with van der Waals surface area (Å²) < 4.78 is 25.6. The predicted molar refractivity (Wildman–Crippen MR) is 67.0 cm³/mol. The molecule has 1 fully saturated rings. The van der Waals surface area contributed by atoms with Crippen molar-refractivity contribution in [2.75, 3.05) is 12.3 Å². The second-order valence-corrected chi connectivity index (χ2v) is 4.88. The van der Waals surface area contributed by atoms with Gasteiger partial charge in [0.1, 0.15) is 12.1 Å². The number of rotatable bonds is 3. The number of carbonyl (C=O) groups is 1. The fourth-order valence-electron chi connectivity index (χ4n) is 2.39. The number of hydrogen-bond donors (Lipinski definition) is 1. The largest absolute Gasteiger partial charge is 0.382 e. The Bertz CT molecular complexity index is 461. The molecule has 7 heteroatoms. The Morgan fingerprint density at radius 3 is 2.95 bits per heavy atom. The molecular weight excluding hydrogens is 254 g/mol. The molecule has 1 amide bonds. The summed E-state index contributed by atoms with van der Waals surface area (Å²) in [6, 6.07) is 0.152. The van der Waals surface area contributed by atoms with Crippen molar-refractivity contribution < 1.29 is 13.6 Å². The van der Waals surface area contributed by atoms with Gasteiger partial charge < -0.3 is 10.6 Å². The number of amides is 1. The van der Waals surface area contributed by atoms with Crippen molar-refractivity contribution in [1.82, 2.24) is 14.7 Å². The Hall–Kier alpha value is -1.66. The molecule has 2 N–H and O–H groups in total. The first kappa shape index (κ1) is 13.8. The number of hydrogen-bond acceptors (Lipinski definition) is 3. The lowest BCUT2D eigenvalue weighted by molar-refractivity contribution is 0.0636. The van der Waals surface area contributed by atoms with Gasteiger partial charge in [-0.15, -0.1) is 0 Å². The molecule has 1 saturated heterocycles. The summed E-state index contributed by atoms with van der Waals surface area (Å²) in [5.74, 6) is -0.200. The van der Waals surface area contributed by atoms with Gasteiger partial charge in [0.25, 0.3) is 12.3 Å². The summed E-state index contributed by atoms with van der Waals surface area (Å²) in [6.07, 6.45) is 1.81. The Labute approximate surface area is 110 Å². The fraction of sp³-hybridized carbons (Fsp3) is 0.667. The second-order valence-electron chi connectivity index (χ2n) is 4.88. The van der Waals surface area contributed by atoms with E-state index < -0.39 is 13.0 Å². The molecule has 1 aromatic heterocycles. The van der Waals surface area contributed by atoms with Crippen LogP contribution in [0.15, 0.2) is 6.20 Å². The van der Waals surface area contributed by atoms with E-state index >= 15 is 0 Å². The maximum Gasteiger partial charge on any atom is 0.259 e. The second kappa shape index (κ2) is 5.54. The van der Waals surface area contributed by atoms with Crippen LogP contribution in [-0.4, -0.2) is 39.6 Å². The Morgan fingerprint density at radius 2 is 2.32 bits per heavy atom. The van der Waals surface area contributed by atoms with E-state index in [9.17, 15) is 13.6 Å². The maximum atomic E-state index is 12.3. The Kier molecular flexibility index (Phi) is 4.01. The van der Waals surface area contributed by atoms with E-state index in [1.165, 1.54) is 6.20 Å². The summed E-state index contributed by atoms with van der Waals surface area (Å²) >= 11 is 0. The van der Waals surface area contributed by atoms with Gasteiger partial charge in [-0.1, -0.05) is 0 Å². The lowest BCUT2D eigenvalue weighted by Crippen LogP contribution is -2.42. The summed E-state index contributed by atoms with van der Waals surface area (Å²) in [5.41, 5.74) is 5.86. The first-order valence-corrected chi connectivity index (χ1v) is 6.41. The van der Waals surface area contributed by atoms with Crippen LogP contribution in [0.1, 0.15) is 36.5 Å². The smallest absolute Gasteiger partial charge is 0.259 e. The van der Waals surface area contributed by atoms with E-state index in [1.54, 1.807) is 4.90 Å². The van der Waals surface area contributed by atoms with Crippen LogP contribution in [0, 0.1) is 0 Å². The van der Waals surface area contributed by atoms with E-state index in [-0.39, 0.29) is 23.3 Å². The predicted octanol–water partition coefficient (Wildman–Crippen LogP) is 1.74. The van der Waals surface area contributed by atoms with Crippen molar-refractivity contribution in [3.8, 4) is 0 Å². The van der Waals surface area contributed by atoms with Crippen molar-refractivity contribution >= 4 is 11.7 Å². The number of alkyl halides is 2. The van der Waals surface area contributed by atoms with Crippen molar-refractivity contribution in [2.45, 2.75) is 45.2 Å². The molecule has 1 unspecified atom stereocenters. The Balaban J connectivity index is 2.16. The number of halogens is 2. The highest BCUT2D eigenvalue weighted by atomic mass is 19.3. The van der Waals surface area contributed by atoms with Crippen LogP contribution in [0.3, 0.4) is 0 Å². The van der Waals surface area contributed by atoms with Gasteiger partial charge in [0.15, 0.2) is 5.82 Å². The number of carbonyl (C=O) groups excluding carboxylic acids is 1. The molecule has 0 spiro atoms. The number of nitrogens with two attached hydrogens (primary N) is 1. The van der Waals surface area contributed by atoms with E-state index in [2.05, 4.69) is 5.10 Å². The minimum absolute atomic E-state index is 0.0171. The van der Waals surface area contributed by atoms with Crippen molar-refractivity contribution in [1.29, 1.82) is 0 Å². The first-order valence-electron chi connectivity index (χ1n) is 6.41. The molecule has 2 heterocycles. The average molecular weight is 272 g/mol. The van der Waals surface area contributed by atoms with E-state index in [0.717, 1.165) is 23.9 Å². The third-order valence-electron chi connectivity index (χ3n) is 3.41. The SMILES string of the molecule is CC1CCCCN1C(=O)c1cn(CC(F)F)nc1N. The first-order chi connectivity index (χ1) is 8.99. The lowest BCUT2D eigenvalue weighted by atomic mass is 10.0. The topological polar surface area (TPSA) is 64.2 Å². The van der Waals surface area contributed by atoms with Crippen molar-refractivity contribution in [3.63, 3.8) is 0 Å². The maximum absolute atomic E-state index is 12.3. The van der Waals surface area contributed by atoms with Crippen LogP contribution in [0.25, 0.3) is 0 Å². The molecule has 19 heavy (non-hydrogen) atoms. The van der Waals surface area contributed by atoms with Crippen LogP contribution in [0.4, 0.5) is 14.6 Å². The van der Waals surface area contributed by atoms with Crippen molar-refractivity contribution in [2.24, 2.45) is 0 Å². The molecule has 0 aliphatic carbocycles. The highest BCUT2D eigenvalue weighted by Crippen LogP contribution is 2.21.